The van der Waals surface area contributed by atoms with Gasteiger partial charge in [0, 0.05) is 17.3 Å². The Morgan fingerprint density at radius 1 is 1.05 bits per heavy atom. The van der Waals surface area contributed by atoms with E-state index in [1.165, 1.54) is 0 Å². The average molecular weight is 278 g/mol. The van der Waals surface area contributed by atoms with Crippen LogP contribution in [-0.4, -0.2) is 4.98 Å². The fourth-order valence-corrected chi connectivity index (χ4v) is 2.34. The molecule has 0 amide bonds. The van der Waals surface area contributed by atoms with Crippen LogP contribution in [0.4, 0.5) is 5.69 Å². The zero-order valence-corrected chi connectivity index (χ0v) is 12.3. The number of benzene rings is 2. The van der Waals surface area contributed by atoms with Crippen LogP contribution in [0.3, 0.4) is 0 Å². The van der Waals surface area contributed by atoms with Gasteiger partial charge in [0.25, 0.3) is 0 Å². The van der Waals surface area contributed by atoms with Crippen LogP contribution in [0, 0.1) is 13.8 Å². The molecule has 0 bridgehead atoms. The lowest BCUT2D eigenvalue weighted by Crippen LogP contribution is -1.99. The molecule has 21 heavy (non-hydrogen) atoms. The summed E-state index contributed by atoms with van der Waals surface area (Å²) in [6.45, 7) is 4.54. The number of nitrogens with zero attached hydrogens (tertiary/aromatic N) is 1. The fourth-order valence-electron chi connectivity index (χ4n) is 2.34. The number of aryl methyl sites for hydroxylation is 2. The van der Waals surface area contributed by atoms with Gasteiger partial charge >= 0.3 is 0 Å². The summed E-state index contributed by atoms with van der Waals surface area (Å²) in [5.74, 6) is 0.882. The molecule has 0 fully saturated rings. The maximum absolute atomic E-state index is 5.93. The molecule has 2 aromatic carbocycles. The summed E-state index contributed by atoms with van der Waals surface area (Å²) >= 11 is 0. The van der Waals surface area contributed by atoms with Crippen molar-refractivity contribution in [1.82, 2.24) is 4.98 Å². The summed E-state index contributed by atoms with van der Waals surface area (Å²) in [6.07, 6.45) is 1.80. The highest BCUT2D eigenvalue weighted by atomic mass is 16.5. The van der Waals surface area contributed by atoms with E-state index in [-0.39, 0.29) is 0 Å². The van der Waals surface area contributed by atoms with Crippen LogP contribution in [0.25, 0.3) is 10.9 Å². The van der Waals surface area contributed by atoms with Gasteiger partial charge in [-0.05, 0) is 60.9 Å². The molecule has 3 rings (SSSR count). The van der Waals surface area contributed by atoms with Gasteiger partial charge in [0.15, 0.2) is 0 Å². The number of aromatic nitrogens is 1. The van der Waals surface area contributed by atoms with Crippen molar-refractivity contribution >= 4 is 16.6 Å². The second-order valence-electron chi connectivity index (χ2n) is 5.29. The number of rotatable bonds is 3. The number of nitrogen functional groups attached to an aromatic ring is 1. The van der Waals surface area contributed by atoms with Crippen molar-refractivity contribution in [3.63, 3.8) is 0 Å². The number of hydrogen-bond donors (Lipinski definition) is 1. The van der Waals surface area contributed by atoms with E-state index in [0.29, 0.717) is 6.61 Å². The SMILES string of the molecule is Cc1cc(OCc2ccc3ncccc3c2)c(C)cc1N. The smallest absolute Gasteiger partial charge is 0.123 e. The summed E-state index contributed by atoms with van der Waals surface area (Å²) in [6, 6.07) is 14.1. The Bertz CT molecular complexity index is 796. The molecule has 2 N–H and O–H groups in total. The van der Waals surface area contributed by atoms with Gasteiger partial charge in [0.05, 0.1) is 5.52 Å². The number of ether oxygens (including phenoxy) is 1. The molecule has 0 spiro atoms. The summed E-state index contributed by atoms with van der Waals surface area (Å²) in [5, 5.41) is 1.13. The Kier molecular flexibility index (Phi) is 3.48. The number of nitrogens with two attached hydrogens (primary N) is 1. The highest BCUT2D eigenvalue weighted by Crippen LogP contribution is 2.25. The van der Waals surface area contributed by atoms with Gasteiger partial charge in [-0.1, -0.05) is 12.1 Å². The second-order valence-corrected chi connectivity index (χ2v) is 5.29. The van der Waals surface area contributed by atoms with Gasteiger partial charge in [0.2, 0.25) is 0 Å². The van der Waals surface area contributed by atoms with Crippen molar-refractivity contribution in [3.8, 4) is 5.75 Å². The molecule has 3 aromatic rings. The minimum absolute atomic E-state index is 0.537. The second kappa shape index (κ2) is 5.44. The molecular formula is C18H18N2O. The van der Waals surface area contributed by atoms with Gasteiger partial charge in [-0.2, -0.15) is 0 Å². The quantitative estimate of drug-likeness (QED) is 0.736. The first-order chi connectivity index (χ1) is 10.1. The van der Waals surface area contributed by atoms with Crippen molar-refractivity contribution < 1.29 is 4.74 Å². The summed E-state index contributed by atoms with van der Waals surface area (Å²) in [7, 11) is 0. The van der Waals surface area contributed by atoms with Gasteiger partial charge < -0.3 is 10.5 Å². The van der Waals surface area contributed by atoms with Gasteiger partial charge in [-0.15, -0.1) is 0 Å². The summed E-state index contributed by atoms with van der Waals surface area (Å²) < 4.78 is 5.93. The molecule has 0 radical (unpaired) electrons. The standard InChI is InChI=1S/C18H18N2O/c1-12-9-18(13(2)8-16(12)19)21-11-14-5-6-17-15(10-14)4-3-7-20-17/h3-10H,11,19H2,1-2H3. The molecule has 106 valence electrons. The molecule has 3 nitrogen and oxygen atoms in total. The lowest BCUT2D eigenvalue weighted by atomic mass is 10.1. The van der Waals surface area contributed by atoms with E-state index < -0.39 is 0 Å². The van der Waals surface area contributed by atoms with E-state index in [1.807, 2.05) is 38.1 Å². The van der Waals surface area contributed by atoms with Crippen LogP contribution in [0.1, 0.15) is 16.7 Å². The van der Waals surface area contributed by atoms with Crippen LogP contribution in [-0.2, 0) is 6.61 Å². The Labute approximate surface area is 124 Å². The normalized spacial score (nSPS) is 10.8. The van der Waals surface area contributed by atoms with Crippen LogP contribution in [0.5, 0.6) is 5.75 Å². The molecule has 3 heteroatoms. The van der Waals surface area contributed by atoms with E-state index in [9.17, 15) is 0 Å². The van der Waals surface area contributed by atoms with E-state index in [1.54, 1.807) is 6.20 Å². The number of hydrogen-bond acceptors (Lipinski definition) is 3. The first-order valence-electron chi connectivity index (χ1n) is 6.96. The Morgan fingerprint density at radius 2 is 1.90 bits per heavy atom. The molecule has 0 atom stereocenters. The van der Waals surface area contributed by atoms with Crippen molar-refractivity contribution in [1.29, 1.82) is 0 Å². The van der Waals surface area contributed by atoms with Crippen LogP contribution in [0.2, 0.25) is 0 Å². The number of pyridine rings is 1. The van der Waals surface area contributed by atoms with Crippen LogP contribution < -0.4 is 10.5 Å². The predicted molar refractivity (Wildman–Crippen MR) is 86.4 cm³/mol. The maximum atomic E-state index is 5.93. The molecule has 0 unspecified atom stereocenters. The molecule has 0 aliphatic rings. The zero-order chi connectivity index (χ0) is 14.8. The molecule has 0 aliphatic carbocycles. The van der Waals surface area contributed by atoms with E-state index in [2.05, 4.69) is 23.2 Å². The van der Waals surface area contributed by atoms with E-state index in [0.717, 1.165) is 39.0 Å². The lowest BCUT2D eigenvalue weighted by Gasteiger charge is -2.12. The third kappa shape index (κ3) is 2.82. The largest absolute Gasteiger partial charge is 0.489 e. The molecular weight excluding hydrogens is 260 g/mol. The Morgan fingerprint density at radius 3 is 2.76 bits per heavy atom. The van der Waals surface area contributed by atoms with Crippen molar-refractivity contribution in [2.75, 3.05) is 5.73 Å². The van der Waals surface area contributed by atoms with Crippen LogP contribution in [0.15, 0.2) is 48.7 Å². The molecule has 1 heterocycles. The molecule has 0 saturated carbocycles. The van der Waals surface area contributed by atoms with Gasteiger partial charge in [-0.3, -0.25) is 4.98 Å². The first kappa shape index (κ1) is 13.4. The molecule has 0 saturated heterocycles. The number of anilines is 1. The van der Waals surface area contributed by atoms with E-state index in [4.69, 9.17) is 10.5 Å². The van der Waals surface area contributed by atoms with Gasteiger partial charge in [0.1, 0.15) is 12.4 Å². The predicted octanol–water partition coefficient (Wildman–Crippen LogP) is 4.01. The average Bonchev–Trinajstić information content (AvgIpc) is 2.49. The van der Waals surface area contributed by atoms with Crippen molar-refractivity contribution in [2.24, 2.45) is 0 Å². The maximum Gasteiger partial charge on any atom is 0.123 e. The minimum atomic E-state index is 0.537. The molecule has 1 aromatic heterocycles. The Hall–Kier alpha value is -2.55. The third-order valence-electron chi connectivity index (χ3n) is 3.63. The van der Waals surface area contributed by atoms with Crippen molar-refractivity contribution in [3.05, 3.63) is 65.4 Å². The topological polar surface area (TPSA) is 48.1 Å². The monoisotopic (exact) mass is 278 g/mol. The summed E-state index contributed by atoms with van der Waals surface area (Å²) in [5.41, 5.74) is 10.9. The third-order valence-corrected chi connectivity index (χ3v) is 3.63. The van der Waals surface area contributed by atoms with Crippen LogP contribution >= 0.6 is 0 Å². The summed E-state index contributed by atoms with van der Waals surface area (Å²) in [4.78, 5) is 4.32. The fraction of sp³-hybridized carbons (Fsp3) is 0.167. The number of fused-ring (bicyclic) bond motifs is 1. The van der Waals surface area contributed by atoms with Gasteiger partial charge in [-0.25, -0.2) is 0 Å². The Balaban J connectivity index is 1.81. The molecule has 0 aliphatic heterocycles. The lowest BCUT2D eigenvalue weighted by molar-refractivity contribution is 0.304. The highest BCUT2D eigenvalue weighted by Gasteiger charge is 2.04. The first-order valence-corrected chi connectivity index (χ1v) is 6.96. The minimum Gasteiger partial charge on any atom is -0.489 e. The zero-order valence-electron chi connectivity index (χ0n) is 12.3. The highest BCUT2D eigenvalue weighted by molar-refractivity contribution is 5.78. The van der Waals surface area contributed by atoms with Crippen molar-refractivity contribution in [2.45, 2.75) is 20.5 Å². The van der Waals surface area contributed by atoms with E-state index >= 15 is 0 Å².